The lowest BCUT2D eigenvalue weighted by Gasteiger charge is -2.22. The van der Waals surface area contributed by atoms with Crippen LogP contribution in [0.15, 0.2) is 0 Å². The van der Waals surface area contributed by atoms with E-state index < -0.39 is 24.3 Å². The molecule has 0 aromatic rings. The lowest BCUT2D eigenvalue weighted by atomic mass is 10.0. The monoisotopic (exact) mass is 248 g/mol. The molecule has 0 saturated carbocycles. The van der Waals surface area contributed by atoms with E-state index in [-0.39, 0.29) is 0 Å². The van der Waals surface area contributed by atoms with Crippen molar-refractivity contribution in [3.05, 3.63) is 0 Å². The first kappa shape index (κ1) is 15.7. The fourth-order valence-corrected chi connectivity index (χ4v) is 1.13. The first-order valence-electron chi connectivity index (χ1n) is 5.61. The van der Waals surface area contributed by atoms with Gasteiger partial charge in [0.05, 0.1) is 0 Å². The first-order valence-corrected chi connectivity index (χ1v) is 5.61. The van der Waals surface area contributed by atoms with E-state index in [1.165, 1.54) is 0 Å². The highest BCUT2D eigenvalue weighted by atomic mass is 17.2. The summed E-state index contributed by atoms with van der Waals surface area (Å²) in [6.45, 7) is 4.92. The molecule has 0 heterocycles. The van der Waals surface area contributed by atoms with Crippen molar-refractivity contribution in [3.8, 4) is 0 Å². The number of hydrogen-bond donors (Lipinski definition) is 1. The Bertz CT molecular complexity index is 248. The zero-order valence-electron chi connectivity index (χ0n) is 10.5. The molecule has 0 aliphatic heterocycles. The summed E-state index contributed by atoms with van der Waals surface area (Å²) < 4.78 is 4.24. The molecule has 0 amide bonds. The number of carboxylic acids is 1. The van der Waals surface area contributed by atoms with Crippen molar-refractivity contribution in [3.63, 3.8) is 0 Å². The van der Waals surface area contributed by atoms with Crippen molar-refractivity contribution >= 4 is 12.1 Å². The molecular weight excluding hydrogens is 228 g/mol. The van der Waals surface area contributed by atoms with Crippen molar-refractivity contribution in [2.45, 2.75) is 52.1 Å². The number of hydrogen-bond acceptors (Lipinski definition) is 5. The lowest BCUT2D eigenvalue weighted by molar-refractivity contribution is -0.318. The average molecular weight is 248 g/mol. The first-order chi connectivity index (χ1) is 7.87. The van der Waals surface area contributed by atoms with Gasteiger partial charge >= 0.3 is 12.1 Å². The van der Waals surface area contributed by atoms with Crippen molar-refractivity contribution < 1.29 is 29.2 Å². The summed E-state index contributed by atoms with van der Waals surface area (Å²) in [6, 6.07) is 0. The zero-order chi connectivity index (χ0) is 13.3. The molecule has 0 rings (SSSR count). The minimum atomic E-state index is -1.25. The summed E-state index contributed by atoms with van der Waals surface area (Å²) >= 11 is 0. The van der Waals surface area contributed by atoms with Crippen molar-refractivity contribution in [1.29, 1.82) is 0 Å². The molecule has 100 valence electrons. The highest BCUT2D eigenvalue weighted by Crippen LogP contribution is 2.19. The van der Waals surface area contributed by atoms with Crippen LogP contribution in [0.3, 0.4) is 0 Å². The second-order valence-electron chi connectivity index (χ2n) is 4.32. The van der Waals surface area contributed by atoms with Crippen LogP contribution < -0.4 is 0 Å². The summed E-state index contributed by atoms with van der Waals surface area (Å²) in [6.07, 6.45) is 2.74. The van der Waals surface area contributed by atoms with Crippen LogP contribution in [-0.4, -0.2) is 29.4 Å². The lowest BCUT2D eigenvalue weighted by Crippen LogP contribution is -2.27. The Kier molecular flexibility index (Phi) is 7.29. The number of carboxylic acid groups (broad SMARTS) is 1. The molecular formula is C11H20O6. The Balaban J connectivity index is 3.76. The molecule has 0 aliphatic rings. The van der Waals surface area contributed by atoms with Gasteiger partial charge in [0.25, 0.3) is 0 Å². The Morgan fingerprint density at radius 2 is 1.88 bits per heavy atom. The number of rotatable bonds is 8. The van der Waals surface area contributed by atoms with E-state index in [0.29, 0.717) is 0 Å². The maximum absolute atomic E-state index is 10.9. The maximum Gasteiger partial charge on any atom is 0.541 e. The summed E-state index contributed by atoms with van der Waals surface area (Å²) in [5.74, 6) is -1.25. The van der Waals surface area contributed by atoms with Gasteiger partial charge in [0.15, 0.2) is 6.61 Å². The van der Waals surface area contributed by atoms with Crippen LogP contribution in [-0.2, 0) is 19.3 Å². The molecule has 0 aliphatic carbocycles. The topological polar surface area (TPSA) is 82.1 Å². The minimum Gasteiger partial charge on any atom is -0.479 e. The third-order valence-corrected chi connectivity index (χ3v) is 2.03. The van der Waals surface area contributed by atoms with Crippen LogP contribution in [0.1, 0.15) is 46.5 Å². The van der Waals surface area contributed by atoms with Gasteiger partial charge < -0.3 is 9.84 Å². The van der Waals surface area contributed by atoms with Crippen molar-refractivity contribution in [1.82, 2.24) is 0 Å². The van der Waals surface area contributed by atoms with E-state index in [0.717, 1.165) is 25.7 Å². The van der Waals surface area contributed by atoms with Crippen LogP contribution in [0.5, 0.6) is 0 Å². The number of carbonyl (C=O) groups excluding carboxylic acids is 1. The maximum atomic E-state index is 10.9. The number of ether oxygens (including phenoxy) is 1. The molecule has 6 nitrogen and oxygen atoms in total. The van der Waals surface area contributed by atoms with Gasteiger partial charge in [0.2, 0.25) is 0 Å². The third-order valence-electron chi connectivity index (χ3n) is 2.03. The molecule has 0 spiro atoms. The molecule has 0 fully saturated rings. The van der Waals surface area contributed by atoms with E-state index in [1.807, 2.05) is 0 Å². The van der Waals surface area contributed by atoms with Crippen LogP contribution >= 0.6 is 0 Å². The van der Waals surface area contributed by atoms with E-state index in [9.17, 15) is 9.59 Å². The smallest absolute Gasteiger partial charge is 0.479 e. The van der Waals surface area contributed by atoms with E-state index in [2.05, 4.69) is 16.5 Å². The second-order valence-corrected chi connectivity index (χ2v) is 4.32. The van der Waals surface area contributed by atoms with Gasteiger partial charge in [0.1, 0.15) is 5.60 Å². The second kappa shape index (κ2) is 7.89. The fraction of sp³-hybridized carbons (Fsp3) is 0.818. The Labute approximate surface area is 101 Å². The SMILES string of the molecule is CCCCCC(C)(C)OOC(=O)OCC(=O)O. The van der Waals surface area contributed by atoms with E-state index >= 15 is 0 Å². The number of unbranched alkanes of at least 4 members (excludes halogenated alkanes) is 2. The van der Waals surface area contributed by atoms with Gasteiger partial charge in [-0.25, -0.2) is 9.59 Å². The largest absolute Gasteiger partial charge is 0.541 e. The standard InChI is InChI=1S/C11H20O6/c1-4-5-6-7-11(2,3)17-16-10(14)15-8-9(12)13/h4-8H2,1-3H3,(H,12,13). The summed E-state index contributed by atoms with van der Waals surface area (Å²) in [4.78, 5) is 30.3. The van der Waals surface area contributed by atoms with Gasteiger partial charge in [-0.15, -0.1) is 0 Å². The van der Waals surface area contributed by atoms with Gasteiger partial charge in [-0.1, -0.05) is 26.2 Å². The molecule has 17 heavy (non-hydrogen) atoms. The minimum absolute atomic E-state index is 0.600. The molecule has 0 unspecified atom stereocenters. The molecule has 0 aromatic carbocycles. The Morgan fingerprint density at radius 1 is 1.24 bits per heavy atom. The third kappa shape index (κ3) is 9.62. The predicted molar refractivity (Wildman–Crippen MR) is 59.4 cm³/mol. The van der Waals surface area contributed by atoms with Crippen LogP contribution in [0.4, 0.5) is 4.79 Å². The van der Waals surface area contributed by atoms with E-state index in [4.69, 9.17) is 9.99 Å². The highest BCUT2D eigenvalue weighted by molar-refractivity contribution is 5.71. The number of aliphatic carboxylic acids is 1. The van der Waals surface area contributed by atoms with Crippen molar-refractivity contribution in [2.75, 3.05) is 6.61 Å². The summed E-state index contributed by atoms with van der Waals surface area (Å²) in [5.41, 5.74) is -0.600. The quantitative estimate of drug-likeness (QED) is 0.307. The van der Waals surface area contributed by atoms with Gasteiger partial charge in [-0.2, -0.15) is 4.89 Å². The summed E-state index contributed by atoms with van der Waals surface area (Å²) in [5, 5.41) is 8.26. The molecule has 0 aromatic heterocycles. The summed E-state index contributed by atoms with van der Waals surface area (Å²) in [7, 11) is 0. The van der Waals surface area contributed by atoms with Gasteiger partial charge in [-0.05, 0) is 20.3 Å². The number of carbonyl (C=O) groups is 2. The fourth-order valence-electron chi connectivity index (χ4n) is 1.13. The highest BCUT2D eigenvalue weighted by Gasteiger charge is 2.22. The molecule has 1 N–H and O–H groups in total. The molecule has 0 radical (unpaired) electrons. The van der Waals surface area contributed by atoms with Crippen LogP contribution in [0, 0.1) is 0 Å². The van der Waals surface area contributed by atoms with Crippen LogP contribution in [0.25, 0.3) is 0 Å². The molecule has 0 atom stereocenters. The van der Waals surface area contributed by atoms with Gasteiger partial charge in [-0.3, -0.25) is 4.89 Å². The van der Waals surface area contributed by atoms with E-state index in [1.54, 1.807) is 13.8 Å². The Hall–Kier alpha value is -1.30. The van der Waals surface area contributed by atoms with Crippen LogP contribution in [0.2, 0.25) is 0 Å². The predicted octanol–water partition coefficient (Wildman–Crippen LogP) is 2.51. The van der Waals surface area contributed by atoms with Gasteiger partial charge in [0, 0.05) is 0 Å². The molecule has 6 heteroatoms. The zero-order valence-corrected chi connectivity index (χ0v) is 10.5. The average Bonchev–Trinajstić information content (AvgIpc) is 2.24. The molecule has 0 bridgehead atoms. The Morgan fingerprint density at radius 3 is 2.41 bits per heavy atom. The van der Waals surface area contributed by atoms with Crippen molar-refractivity contribution in [2.24, 2.45) is 0 Å². The normalized spacial score (nSPS) is 11.0. The molecule has 0 saturated heterocycles.